The molecule has 150 valence electrons. The first kappa shape index (κ1) is 19.3. The summed E-state index contributed by atoms with van der Waals surface area (Å²) < 4.78 is 4.48. The predicted molar refractivity (Wildman–Crippen MR) is 112 cm³/mol. The van der Waals surface area contributed by atoms with Gasteiger partial charge in [-0.05, 0) is 53.4 Å². The Morgan fingerprint density at radius 3 is 2.40 bits per heavy atom. The van der Waals surface area contributed by atoms with Gasteiger partial charge in [-0.1, -0.05) is 23.4 Å². The summed E-state index contributed by atoms with van der Waals surface area (Å²) in [6, 6.07) is 17.4. The lowest BCUT2D eigenvalue weighted by molar-refractivity contribution is 0.0953. The maximum absolute atomic E-state index is 12.5. The van der Waals surface area contributed by atoms with Crippen LogP contribution in [0.5, 0.6) is 0 Å². The van der Waals surface area contributed by atoms with Crippen LogP contribution in [0, 0.1) is 0 Å². The number of H-pyrrole nitrogens is 1. The van der Waals surface area contributed by atoms with E-state index in [2.05, 4.69) is 25.3 Å². The SMILES string of the molecule is O=C(Nc1ccc(-c2noc(=O)[nH]2)cc1)c1ccc(CNC(=O)c2cccs2)cc1. The molecule has 0 spiro atoms. The van der Waals surface area contributed by atoms with Crippen molar-refractivity contribution in [1.82, 2.24) is 15.5 Å². The number of nitrogens with one attached hydrogen (secondary N) is 3. The molecule has 0 radical (unpaired) electrons. The van der Waals surface area contributed by atoms with E-state index in [-0.39, 0.29) is 11.8 Å². The number of thiophene rings is 1. The molecule has 9 heteroatoms. The molecule has 2 aromatic carbocycles. The highest BCUT2D eigenvalue weighted by Gasteiger charge is 2.09. The molecular weight excluding hydrogens is 404 g/mol. The fourth-order valence-corrected chi connectivity index (χ4v) is 3.36. The molecule has 3 N–H and O–H groups in total. The van der Waals surface area contributed by atoms with Gasteiger partial charge in [0.2, 0.25) is 0 Å². The van der Waals surface area contributed by atoms with Crippen molar-refractivity contribution in [2.24, 2.45) is 0 Å². The minimum atomic E-state index is -0.628. The van der Waals surface area contributed by atoms with Gasteiger partial charge in [-0.25, -0.2) is 4.79 Å². The third-order valence-corrected chi connectivity index (χ3v) is 5.14. The molecule has 0 aliphatic rings. The fourth-order valence-electron chi connectivity index (χ4n) is 2.72. The lowest BCUT2D eigenvalue weighted by Crippen LogP contribution is -2.21. The molecule has 0 aliphatic carbocycles. The van der Waals surface area contributed by atoms with Crippen molar-refractivity contribution in [1.29, 1.82) is 0 Å². The zero-order valence-electron chi connectivity index (χ0n) is 15.5. The van der Waals surface area contributed by atoms with Crippen LogP contribution < -0.4 is 16.4 Å². The lowest BCUT2D eigenvalue weighted by Gasteiger charge is -2.08. The van der Waals surface area contributed by atoms with E-state index >= 15 is 0 Å². The maximum Gasteiger partial charge on any atom is 0.439 e. The average Bonchev–Trinajstić information content (AvgIpc) is 3.45. The van der Waals surface area contributed by atoms with Gasteiger partial charge in [-0.15, -0.1) is 11.3 Å². The Labute approximate surface area is 174 Å². The number of rotatable bonds is 6. The van der Waals surface area contributed by atoms with E-state index in [4.69, 9.17) is 0 Å². The van der Waals surface area contributed by atoms with Gasteiger partial charge in [0.15, 0.2) is 5.82 Å². The molecule has 8 nitrogen and oxygen atoms in total. The first-order valence-corrected chi connectivity index (χ1v) is 9.85. The minimum Gasteiger partial charge on any atom is -0.347 e. The summed E-state index contributed by atoms with van der Waals surface area (Å²) >= 11 is 1.39. The number of aromatic amines is 1. The molecule has 2 aromatic heterocycles. The van der Waals surface area contributed by atoms with E-state index in [1.807, 2.05) is 11.4 Å². The van der Waals surface area contributed by atoms with Crippen LogP contribution in [0.4, 0.5) is 5.69 Å². The summed E-state index contributed by atoms with van der Waals surface area (Å²) in [5.41, 5.74) is 2.64. The molecule has 0 atom stereocenters. The van der Waals surface area contributed by atoms with Crippen molar-refractivity contribution in [3.8, 4) is 11.4 Å². The van der Waals surface area contributed by atoms with E-state index in [1.165, 1.54) is 11.3 Å². The highest BCUT2D eigenvalue weighted by atomic mass is 32.1. The Bertz CT molecular complexity index is 1210. The zero-order chi connectivity index (χ0) is 20.9. The second-order valence-corrected chi connectivity index (χ2v) is 7.28. The monoisotopic (exact) mass is 420 g/mol. The molecule has 0 saturated heterocycles. The molecule has 0 aliphatic heterocycles. The van der Waals surface area contributed by atoms with Crippen molar-refractivity contribution in [3.05, 3.63) is 92.6 Å². The van der Waals surface area contributed by atoms with Gasteiger partial charge in [0.05, 0.1) is 4.88 Å². The van der Waals surface area contributed by atoms with Crippen molar-refractivity contribution in [3.63, 3.8) is 0 Å². The van der Waals surface area contributed by atoms with Gasteiger partial charge in [-0.2, -0.15) is 0 Å². The molecule has 0 unspecified atom stereocenters. The topological polar surface area (TPSA) is 117 Å². The van der Waals surface area contributed by atoms with E-state index in [1.54, 1.807) is 54.6 Å². The molecule has 4 rings (SSSR count). The largest absolute Gasteiger partial charge is 0.439 e. The van der Waals surface area contributed by atoms with Crippen LogP contribution in [0.15, 0.2) is 75.4 Å². The Balaban J connectivity index is 1.34. The normalized spacial score (nSPS) is 10.5. The molecular formula is C21H16N4O4S. The van der Waals surface area contributed by atoms with Gasteiger partial charge in [0, 0.05) is 23.4 Å². The van der Waals surface area contributed by atoms with Crippen LogP contribution >= 0.6 is 11.3 Å². The molecule has 30 heavy (non-hydrogen) atoms. The number of benzene rings is 2. The number of hydrogen-bond acceptors (Lipinski definition) is 6. The maximum atomic E-state index is 12.5. The van der Waals surface area contributed by atoms with Crippen molar-refractivity contribution in [2.45, 2.75) is 6.54 Å². The second kappa shape index (κ2) is 8.58. The van der Waals surface area contributed by atoms with Gasteiger partial charge in [0.25, 0.3) is 11.8 Å². The third kappa shape index (κ3) is 4.53. The highest BCUT2D eigenvalue weighted by molar-refractivity contribution is 7.12. The van der Waals surface area contributed by atoms with Gasteiger partial charge < -0.3 is 10.6 Å². The summed E-state index contributed by atoms with van der Waals surface area (Å²) in [5.74, 6) is -0.687. The molecule has 2 amide bonds. The number of carbonyl (C=O) groups is 2. The Morgan fingerprint density at radius 2 is 1.77 bits per heavy atom. The van der Waals surface area contributed by atoms with Crippen molar-refractivity contribution in [2.75, 3.05) is 5.32 Å². The predicted octanol–water partition coefficient (Wildman–Crippen LogP) is 3.27. The quantitative estimate of drug-likeness (QED) is 0.443. The standard InChI is InChI=1S/C21H16N4O4S/c26-19(23-16-9-7-14(8-10-16)18-24-21(28)29-25-18)15-5-3-13(4-6-15)12-22-20(27)17-2-1-11-30-17/h1-11H,12H2,(H,22,27)(H,23,26)(H,24,25,28). The summed E-state index contributed by atoms with van der Waals surface area (Å²) in [5, 5.41) is 11.1. The number of aromatic nitrogens is 2. The van der Waals surface area contributed by atoms with Gasteiger partial charge in [0.1, 0.15) is 0 Å². The smallest absolute Gasteiger partial charge is 0.347 e. The highest BCUT2D eigenvalue weighted by Crippen LogP contribution is 2.18. The van der Waals surface area contributed by atoms with Gasteiger partial charge in [-0.3, -0.25) is 19.1 Å². The second-order valence-electron chi connectivity index (χ2n) is 6.33. The van der Waals surface area contributed by atoms with Crippen LogP contribution in [0.2, 0.25) is 0 Å². The van der Waals surface area contributed by atoms with Gasteiger partial charge >= 0.3 is 5.76 Å². The van der Waals surface area contributed by atoms with Crippen LogP contribution in [0.25, 0.3) is 11.4 Å². The van der Waals surface area contributed by atoms with E-state index in [9.17, 15) is 14.4 Å². The number of nitrogens with zero attached hydrogens (tertiary/aromatic N) is 1. The van der Waals surface area contributed by atoms with E-state index in [0.29, 0.717) is 34.1 Å². The lowest BCUT2D eigenvalue weighted by atomic mass is 10.1. The Morgan fingerprint density at radius 1 is 1.00 bits per heavy atom. The Hall–Kier alpha value is -3.98. The first-order chi connectivity index (χ1) is 14.6. The number of anilines is 1. The summed E-state index contributed by atoms with van der Waals surface area (Å²) in [7, 11) is 0. The third-order valence-electron chi connectivity index (χ3n) is 4.27. The fraction of sp³-hybridized carbons (Fsp3) is 0.0476. The summed E-state index contributed by atoms with van der Waals surface area (Å²) in [6.45, 7) is 0.379. The first-order valence-electron chi connectivity index (χ1n) is 8.97. The van der Waals surface area contributed by atoms with Crippen molar-refractivity contribution < 1.29 is 14.1 Å². The summed E-state index contributed by atoms with van der Waals surface area (Å²) in [6.07, 6.45) is 0. The summed E-state index contributed by atoms with van der Waals surface area (Å²) in [4.78, 5) is 38.6. The van der Waals surface area contributed by atoms with Crippen LogP contribution in [0.1, 0.15) is 25.6 Å². The molecule has 0 fully saturated rings. The van der Waals surface area contributed by atoms with E-state index < -0.39 is 5.76 Å². The minimum absolute atomic E-state index is 0.120. The average molecular weight is 420 g/mol. The van der Waals surface area contributed by atoms with Crippen LogP contribution in [0.3, 0.4) is 0 Å². The molecule has 0 saturated carbocycles. The van der Waals surface area contributed by atoms with Crippen LogP contribution in [-0.2, 0) is 6.54 Å². The molecule has 0 bridgehead atoms. The zero-order valence-corrected chi connectivity index (χ0v) is 16.4. The van der Waals surface area contributed by atoms with E-state index in [0.717, 1.165) is 5.56 Å². The number of hydrogen-bond donors (Lipinski definition) is 3. The van der Waals surface area contributed by atoms with Crippen LogP contribution in [-0.4, -0.2) is 22.0 Å². The molecule has 4 aromatic rings. The Kier molecular flexibility index (Phi) is 5.53. The molecule has 2 heterocycles. The number of amides is 2. The van der Waals surface area contributed by atoms with Crippen molar-refractivity contribution >= 4 is 28.8 Å². The number of carbonyl (C=O) groups excluding carboxylic acids is 2.